The van der Waals surface area contributed by atoms with Crippen LogP contribution in [0.15, 0.2) is 24.3 Å². The van der Waals surface area contributed by atoms with Crippen molar-refractivity contribution in [3.63, 3.8) is 0 Å². The molecule has 2 aromatic rings. The highest BCUT2D eigenvalue weighted by atomic mass is 32.1. The fraction of sp³-hybridized carbons (Fsp3) is 0.476. The van der Waals surface area contributed by atoms with Gasteiger partial charge in [0.15, 0.2) is 5.13 Å². The number of hydrogen-bond acceptors (Lipinski definition) is 4. The van der Waals surface area contributed by atoms with Gasteiger partial charge in [0.1, 0.15) is 0 Å². The number of anilines is 1. The number of nitrogens with zero attached hydrogens (tertiary/aromatic N) is 2. The highest BCUT2D eigenvalue weighted by Gasteiger charge is 2.28. The number of aryl methyl sites for hydroxylation is 2. The van der Waals surface area contributed by atoms with Crippen LogP contribution in [-0.2, 0) is 9.59 Å². The van der Waals surface area contributed by atoms with Crippen molar-refractivity contribution >= 4 is 28.3 Å². The van der Waals surface area contributed by atoms with Gasteiger partial charge in [-0.15, -0.1) is 11.3 Å². The second-order valence-corrected chi connectivity index (χ2v) is 8.74. The van der Waals surface area contributed by atoms with Crippen LogP contribution < -0.4 is 5.32 Å². The van der Waals surface area contributed by atoms with Crippen molar-refractivity contribution in [2.45, 2.75) is 40.5 Å². The lowest BCUT2D eigenvalue weighted by molar-refractivity contribution is -0.137. The SMILES string of the molecule is Cc1ccc(-c2nc(NC(=O)C3CCN(C(=O)C(C)C)CC3)sc2C)cc1. The van der Waals surface area contributed by atoms with Crippen molar-refractivity contribution in [2.75, 3.05) is 18.4 Å². The average Bonchev–Trinajstić information content (AvgIpc) is 3.01. The molecule has 0 aliphatic carbocycles. The second kappa shape index (κ2) is 8.21. The molecule has 2 heterocycles. The fourth-order valence-electron chi connectivity index (χ4n) is 3.36. The molecule has 1 aromatic carbocycles. The molecule has 0 spiro atoms. The molecule has 1 N–H and O–H groups in total. The van der Waals surface area contributed by atoms with Crippen molar-refractivity contribution in [2.24, 2.45) is 11.8 Å². The third-order valence-electron chi connectivity index (χ3n) is 5.02. The Labute approximate surface area is 164 Å². The zero-order valence-electron chi connectivity index (χ0n) is 16.4. The monoisotopic (exact) mass is 385 g/mol. The maximum absolute atomic E-state index is 12.6. The number of thiazole rings is 1. The summed E-state index contributed by atoms with van der Waals surface area (Å²) in [5.74, 6) is 0.130. The average molecular weight is 386 g/mol. The zero-order chi connectivity index (χ0) is 19.6. The molecule has 0 unspecified atom stereocenters. The summed E-state index contributed by atoms with van der Waals surface area (Å²) in [7, 11) is 0. The van der Waals surface area contributed by atoms with E-state index in [1.807, 2.05) is 25.7 Å². The first-order valence-corrected chi connectivity index (χ1v) is 10.3. The Hall–Kier alpha value is -2.21. The van der Waals surface area contributed by atoms with Crippen LogP contribution in [0.2, 0.25) is 0 Å². The van der Waals surface area contributed by atoms with Gasteiger partial charge in [-0.2, -0.15) is 0 Å². The highest BCUT2D eigenvalue weighted by Crippen LogP contribution is 2.31. The molecule has 1 fully saturated rings. The van der Waals surface area contributed by atoms with Gasteiger partial charge in [0, 0.05) is 35.4 Å². The number of carbonyl (C=O) groups excluding carboxylic acids is 2. The number of likely N-dealkylation sites (tertiary alicyclic amines) is 1. The van der Waals surface area contributed by atoms with Crippen LogP contribution in [-0.4, -0.2) is 34.8 Å². The number of nitrogens with one attached hydrogen (secondary N) is 1. The first kappa shape index (κ1) is 19.5. The van der Waals surface area contributed by atoms with Crippen molar-refractivity contribution in [3.05, 3.63) is 34.7 Å². The van der Waals surface area contributed by atoms with Crippen molar-refractivity contribution in [1.29, 1.82) is 0 Å². The number of piperidine rings is 1. The number of benzene rings is 1. The van der Waals surface area contributed by atoms with E-state index in [1.54, 1.807) is 0 Å². The molecule has 3 rings (SSSR count). The molecular formula is C21H27N3O2S. The molecule has 2 amide bonds. The van der Waals surface area contributed by atoms with Crippen LogP contribution >= 0.6 is 11.3 Å². The van der Waals surface area contributed by atoms with Crippen molar-refractivity contribution in [3.8, 4) is 11.3 Å². The molecule has 5 nitrogen and oxygen atoms in total. The second-order valence-electron chi connectivity index (χ2n) is 7.53. The van der Waals surface area contributed by atoms with E-state index < -0.39 is 0 Å². The lowest BCUT2D eigenvalue weighted by atomic mass is 9.95. The summed E-state index contributed by atoms with van der Waals surface area (Å²) in [6.45, 7) is 9.22. The highest BCUT2D eigenvalue weighted by molar-refractivity contribution is 7.16. The Balaban J connectivity index is 1.61. The standard InChI is InChI=1S/C21H27N3O2S/c1-13(2)20(26)24-11-9-17(10-12-24)19(25)23-21-22-18(15(4)27-21)16-7-5-14(3)6-8-16/h5-8,13,17H,9-12H2,1-4H3,(H,22,23,25). The molecule has 1 aliphatic rings. The van der Waals surface area contributed by atoms with Crippen LogP contribution in [0.3, 0.4) is 0 Å². The van der Waals surface area contributed by atoms with Gasteiger partial charge >= 0.3 is 0 Å². The summed E-state index contributed by atoms with van der Waals surface area (Å²) in [5.41, 5.74) is 3.20. The van der Waals surface area contributed by atoms with Crippen molar-refractivity contribution in [1.82, 2.24) is 9.88 Å². The maximum atomic E-state index is 12.6. The quantitative estimate of drug-likeness (QED) is 0.855. The van der Waals surface area contributed by atoms with E-state index in [4.69, 9.17) is 0 Å². The minimum absolute atomic E-state index is 0.00821. The number of carbonyl (C=O) groups is 2. The van der Waals surface area contributed by atoms with Crippen LogP contribution in [0.5, 0.6) is 0 Å². The topological polar surface area (TPSA) is 62.3 Å². The summed E-state index contributed by atoms with van der Waals surface area (Å²) in [4.78, 5) is 32.3. The van der Waals surface area contributed by atoms with E-state index >= 15 is 0 Å². The largest absolute Gasteiger partial charge is 0.342 e. The predicted molar refractivity (Wildman–Crippen MR) is 110 cm³/mol. The molecule has 0 bridgehead atoms. The molecule has 144 valence electrons. The Morgan fingerprint density at radius 2 is 1.78 bits per heavy atom. The number of rotatable bonds is 4. The van der Waals surface area contributed by atoms with Gasteiger partial charge in [-0.3, -0.25) is 9.59 Å². The Bertz CT molecular complexity index is 818. The molecule has 1 aromatic heterocycles. The van der Waals surface area contributed by atoms with E-state index in [9.17, 15) is 9.59 Å². The van der Waals surface area contributed by atoms with Crippen LogP contribution in [0.1, 0.15) is 37.1 Å². The van der Waals surface area contributed by atoms with Gasteiger partial charge in [0.2, 0.25) is 11.8 Å². The zero-order valence-corrected chi connectivity index (χ0v) is 17.2. The maximum Gasteiger partial charge on any atom is 0.229 e. The molecule has 1 aliphatic heterocycles. The number of amides is 2. The lowest BCUT2D eigenvalue weighted by Crippen LogP contribution is -2.43. The molecule has 0 saturated carbocycles. The first-order valence-electron chi connectivity index (χ1n) is 9.49. The molecule has 6 heteroatoms. The number of aromatic nitrogens is 1. The smallest absolute Gasteiger partial charge is 0.229 e. The van der Waals surface area contributed by atoms with Crippen LogP contribution in [0, 0.1) is 25.7 Å². The molecule has 1 saturated heterocycles. The van der Waals surface area contributed by atoms with E-state index in [2.05, 4.69) is 41.5 Å². The molecule has 27 heavy (non-hydrogen) atoms. The fourth-order valence-corrected chi connectivity index (χ4v) is 4.20. The summed E-state index contributed by atoms with van der Waals surface area (Å²) in [5, 5.41) is 3.63. The summed E-state index contributed by atoms with van der Waals surface area (Å²) in [6.07, 6.45) is 1.42. The van der Waals surface area contributed by atoms with Crippen LogP contribution in [0.4, 0.5) is 5.13 Å². The number of hydrogen-bond donors (Lipinski definition) is 1. The van der Waals surface area contributed by atoms with E-state index in [-0.39, 0.29) is 23.7 Å². The van der Waals surface area contributed by atoms with Gasteiger partial charge < -0.3 is 10.2 Å². The van der Waals surface area contributed by atoms with E-state index in [1.165, 1.54) is 16.9 Å². The lowest BCUT2D eigenvalue weighted by Gasteiger charge is -2.32. The Morgan fingerprint density at radius 1 is 1.15 bits per heavy atom. The Morgan fingerprint density at radius 3 is 2.37 bits per heavy atom. The van der Waals surface area contributed by atoms with Crippen LogP contribution in [0.25, 0.3) is 11.3 Å². The van der Waals surface area contributed by atoms with Gasteiger partial charge in [-0.1, -0.05) is 43.7 Å². The summed E-state index contributed by atoms with van der Waals surface area (Å²) >= 11 is 1.51. The Kier molecular flexibility index (Phi) is 5.95. The van der Waals surface area contributed by atoms with Gasteiger partial charge in [0.05, 0.1) is 5.69 Å². The van der Waals surface area contributed by atoms with E-state index in [0.717, 1.165) is 16.1 Å². The third kappa shape index (κ3) is 4.56. The van der Waals surface area contributed by atoms with Crippen molar-refractivity contribution < 1.29 is 9.59 Å². The molecule has 0 atom stereocenters. The molecular weight excluding hydrogens is 358 g/mol. The third-order valence-corrected chi connectivity index (χ3v) is 5.91. The minimum atomic E-state index is -0.0618. The first-order chi connectivity index (χ1) is 12.8. The molecule has 0 radical (unpaired) electrons. The van der Waals surface area contributed by atoms with E-state index in [0.29, 0.717) is 31.1 Å². The normalized spacial score (nSPS) is 15.2. The van der Waals surface area contributed by atoms with Gasteiger partial charge in [-0.05, 0) is 26.7 Å². The predicted octanol–water partition coefficient (Wildman–Crippen LogP) is 4.26. The minimum Gasteiger partial charge on any atom is -0.342 e. The van der Waals surface area contributed by atoms with Gasteiger partial charge in [-0.25, -0.2) is 4.98 Å². The summed E-state index contributed by atoms with van der Waals surface area (Å²) < 4.78 is 0. The summed E-state index contributed by atoms with van der Waals surface area (Å²) in [6, 6.07) is 8.26. The van der Waals surface area contributed by atoms with Gasteiger partial charge in [0.25, 0.3) is 0 Å².